The molecule has 16 heavy (non-hydrogen) atoms. The van der Waals surface area contributed by atoms with E-state index in [-0.39, 0.29) is 23.9 Å². The van der Waals surface area contributed by atoms with Gasteiger partial charge in [0.05, 0.1) is 17.8 Å². The number of hydrogen-bond acceptors (Lipinski definition) is 3. The molecule has 1 amide bonds. The van der Waals surface area contributed by atoms with Gasteiger partial charge in [-0.1, -0.05) is 13.8 Å². The molecule has 86 valence electrons. The lowest BCUT2D eigenvalue weighted by molar-refractivity contribution is -0.124. The summed E-state index contributed by atoms with van der Waals surface area (Å²) in [4.78, 5) is 25.9. The molecule has 0 radical (unpaired) electrons. The van der Waals surface area contributed by atoms with E-state index < -0.39 is 5.97 Å². The van der Waals surface area contributed by atoms with Crippen molar-refractivity contribution in [3.63, 3.8) is 0 Å². The summed E-state index contributed by atoms with van der Waals surface area (Å²) in [6.07, 6.45) is 1.42. The summed E-state index contributed by atoms with van der Waals surface area (Å²) in [6.45, 7) is 3.82. The molecule has 1 heterocycles. The molecule has 1 aromatic heterocycles. The van der Waals surface area contributed by atoms with Gasteiger partial charge >= 0.3 is 5.97 Å². The summed E-state index contributed by atoms with van der Waals surface area (Å²) < 4.78 is 0. The topological polar surface area (TPSA) is 79.3 Å². The van der Waals surface area contributed by atoms with Gasteiger partial charge in [-0.15, -0.1) is 0 Å². The Balaban J connectivity index is 2.64. The van der Waals surface area contributed by atoms with Crippen molar-refractivity contribution in [2.75, 3.05) is 0 Å². The summed E-state index contributed by atoms with van der Waals surface area (Å²) in [7, 11) is 0. The SMILES string of the molecule is CC(C)C(=O)NCc1cc(C(=O)O)ccn1. The zero-order valence-electron chi connectivity index (χ0n) is 9.23. The van der Waals surface area contributed by atoms with Crippen molar-refractivity contribution in [1.29, 1.82) is 0 Å². The molecule has 0 aliphatic heterocycles. The molecule has 5 heteroatoms. The van der Waals surface area contributed by atoms with Crippen molar-refractivity contribution in [2.24, 2.45) is 5.92 Å². The van der Waals surface area contributed by atoms with Gasteiger partial charge in [0.2, 0.25) is 5.91 Å². The second-order valence-electron chi connectivity index (χ2n) is 3.71. The fraction of sp³-hybridized carbons (Fsp3) is 0.364. The summed E-state index contributed by atoms with van der Waals surface area (Å²) in [5.41, 5.74) is 0.706. The molecule has 0 spiro atoms. The number of pyridine rings is 1. The Morgan fingerprint density at radius 1 is 1.50 bits per heavy atom. The average Bonchev–Trinajstić information content (AvgIpc) is 2.26. The lowest BCUT2D eigenvalue weighted by Gasteiger charge is -2.07. The van der Waals surface area contributed by atoms with Gasteiger partial charge in [0.15, 0.2) is 0 Å². The molecule has 0 saturated heterocycles. The molecule has 1 aromatic rings. The third-order valence-electron chi connectivity index (χ3n) is 2.03. The van der Waals surface area contributed by atoms with Crippen LogP contribution in [-0.2, 0) is 11.3 Å². The van der Waals surface area contributed by atoms with Crippen molar-refractivity contribution < 1.29 is 14.7 Å². The van der Waals surface area contributed by atoms with E-state index >= 15 is 0 Å². The standard InChI is InChI=1S/C11H14N2O3/c1-7(2)10(14)13-6-9-5-8(11(15)16)3-4-12-9/h3-5,7H,6H2,1-2H3,(H,13,14)(H,15,16). The normalized spacial score (nSPS) is 10.2. The molecular weight excluding hydrogens is 208 g/mol. The number of nitrogens with zero attached hydrogens (tertiary/aromatic N) is 1. The van der Waals surface area contributed by atoms with Crippen LogP contribution in [0.1, 0.15) is 29.9 Å². The van der Waals surface area contributed by atoms with Crippen LogP contribution in [0.2, 0.25) is 0 Å². The Morgan fingerprint density at radius 3 is 2.75 bits per heavy atom. The first-order valence-corrected chi connectivity index (χ1v) is 4.96. The van der Waals surface area contributed by atoms with Crippen LogP contribution in [0, 0.1) is 5.92 Å². The Labute approximate surface area is 93.5 Å². The number of amides is 1. The smallest absolute Gasteiger partial charge is 0.335 e. The fourth-order valence-corrected chi connectivity index (χ4v) is 1.09. The van der Waals surface area contributed by atoms with Gasteiger partial charge in [0, 0.05) is 12.1 Å². The van der Waals surface area contributed by atoms with Crippen LogP contribution in [0.5, 0.6) is 0 Å². The summed E-state index contributed by atoms with van der Waals surface area (Å²) in [5, 5.41) is 11.4. The van der Waals surface area contributed by atoms with Gasteiger partial charge in [-0.25, -0.2) is 4.79 Å². The maximum Gasteiger partial charge on any atom is 0.335 e. The lowest BCUT2D eigenvalue weighted by Crippen LogP contribution is -2.27. The van der Waals surface area contributed by atoms with Crippen LogP contribution < -0.4 is 5.32 Å². The quantitative estimate of drug-likeness (QED) is 0.798. The molecule has 0 bridgehead atoms. The first-order chi connectivity index (χ1) is 7.50. The maximum atomic E-state index is 11.3. The third kappa shape index (κ3) is 3.34. The summed E-state index contributed by atoms with van der Waals surface area (Å²) >= 11 is 0. The number of carbonyl (C=O) groups excluding carboxylic acids is 1. The number of rotatable bonds is 4. The van der Waals surface area contributed by atoms with E-state index in [1.807, 2.05) is 0 Å². The van der Waals surface area contributed by atoms with Crippen LogP contribution in [0.4, 0.5) is 0 Å². The van der Waals surface area contributed by atoms with Crippen LogP contribution in [0.25, 0.3) is 0 Å². The molecule has 0 atom stereocenters. The number of carbonyl (C=O) groups is 2. The lowest BCUT2D eigenvalue weighted by atomic mass is 10.2. The van der Waals surface area contributed by atoms with E-state index in [9.17, 15) is 9.59 Å². The molecule has 0 aliphatic rings. The second-order valence-corrected chi connectivity index (χ2v) is 3.71. The van der Waals surface area contributed by atoms with Gasteiger partial charge < -0.3 is 10.4 Å². The van der Waals surface area contributed by atoms with Crippen molar-refractivity contribution in [1.82, 2.24) is 10.3 Å². The van der Waals surface area contributed by atoms with Crippen LogP contribution in [0.15, 0.2) is 18.3 Å². The van der Waals surface area contributed by atoms with Gasteiger partial charge in [0.1, 0.15) is 0 Å². The predicted octanol–water partition coefficient (Wildman–Crippen LogP) is 1.05. The van der Waals surface area contributed by atoms with Gasteiger partial charge in [-0.05, 0) is 12.1 Å². The first kappa shape index (κ1) is 12.2. The molecule has 0 unspecified atom stereocenters. The van der Waals surface area contributed by atoms with Crippen LogP contribution in [0.3, 0.4) is 0 Å². The number of carboxylic acid groups (broad SMARTS) is 1. The fourth-order valence-electron chi connectivity index (χ4n) is 1.09. The summed E-state index contributed by atoms with van der Waals surface area (Å²) in [5.74, 6) is -1.18. The molecule has 1 rings (SSSR count). The van der Waals surface area contributed by atoms with Gasteiger partial charge in [0.25, 0.3) is 0 Å². The van der Waals surface area contributed by atoms with E-state index in [1.54, 1.807) is 13.8 Å². The summed E-state index contributed by atoms with van der Waals surface area (Å²) in [6, 6.07) is 2.86. The zero-order chi connectivity index (χ0) is 12.1. The van der Waals surface area contributed by atoms with Crippen molar-refractivity contribution in [2.45, 2.75) is 20.4 Å². The largest absolute Gasteiger partial charge is 0.478 e. The molecule has 0 aromatic carbocycles. The van der Waals surface area contributed by atoms with E-state index in [2.05, 4.69) is 10.3 Å². The number of aromatic nitrogens is 1. The third-order valence-corrected chi connectivity index (χ3v) is 2.03. The predicted molar refractivity (Wildman–Crippen MR) is 57.9 cm³/mol. The average molecular weight is 222 g/mol. The number of aromatic carboxylic acids is 1. The highest BCUT2D eigenvalue weighted by Gasteiger charge is 2.08. The number of nitrogens with one attached hydrogen (secondary N) is 1. The minimum Gasteiger partial charge on any atom is -0.478 e. The monoisotopic (exact) mass is 222 g/mol. The molecule has 5 nitrogen and oxygen atoms in total. The second kappa shape index (κ2) is 5.25. The Hall–Kier alpha value is -1.91. The van der Waals surface area contributed by atoms with E-state index in [0.717, 1.165) is 0 Å². The molecule has 0 aliphatic carbocycles. The minimum atomic E-state index is -1.00. The van der Waals surface area contributed by atoms with E-state index in [0.29, 0.717) is 5.69 Å². The molecule has 0 saturated carbocycles. The minimum absolute atomic E-state index is 0.0810. The van der Waals surface area contributed by atoms with E-state index in [4.69, 9.17) is 5.11 Å². The van der Waals surface area contributed by atoms with Crippen molar-refractivity contribution in [3.05, 3.63) is 29.6 Å². The highest BCUT2D eigenvalue weighted by molar-refractivity contribution is 5.87. The molecule has 0 fully saturated rings. The first-order valence-electron chi connectivity index (χ1n) is 4.96. The van der Waals surface area contributed by atoms with E-state index in [1.165, 1.54) is 18.3 Å². The van der Waals surface area contributed by atoms with Gasteiger partial charge in [-0.2, -0.15) is 0 Å². The zero-order valence-corrected chi connectivity index (χ0v) is 9.23. The maximum absolute atomic E-state index is 11.3. The highest BCUT2D eigenvalue weighted by atomic mass is 16.4. The van der Waals surface area contributed by atoms with Crippen molar-refractivity contribution in [3.8, 4) is 0 Å². The Kier molecular flexibility index (Phi) is 3.99. The Bertz CT molecular complexity index is 402. The Morgan fingerprint density at radius 2 is 2.19 bits per heavy atom. The van der Waals surface area contributed by atoms with Crippen molar-refractivity contribution >= 4 is 11.9 Å². The van der Waals surface area contributed by atoms with Gasteiger partial charge in [-0.3, -0.25) is 9.78 Å². The highest BCUT2D eigenvalue weighted by Crippen LogP contribution is 2.02. The van der Waals surface area contributed by atoms with Crippen LogP contribution >= 0.6 is 0 Å². The number of carboxylic acids is 1. The molecule has 2 N–H and O–H groups in total. The number of hydrogen-bond donors (Lipinski definition) is 2. The molecular formula is C11H14N2O3. The van der Waals surface area contributed by atoms with Crippen LogP contribution in [-0.4, -0.2) is 22.0 Å².